The minimum atomic E-state index is -0.650. The van der Waals surface area contributed by atoms with Crippen LogP contribution in [0.2, 0.25) is 0 Å². The van der Waals surface area contributed by atoms with Crippen molar-refractivity contribution in [2.24, 2.45) is 0 Å². The third kappa shape index (κ3) is 4.00. The Morgan fingerprint density at radius 2 is 1.91 bits per heavy atom. The molecule has 2 amide bonds. The third-order valence-electron chi connectivity index (χ3n) is 2.78. The molecule has 2 rings (SSSR count). The Kier molecular flexibility index (Phi) is 4.82. The van der Waals surface area contributed by atoms with E-state index >= 15 is 0 Å². The first kappa shape index (κ1) is 15.9. The lowest BCUT2D eigenvalue weighted by Gasteiger charge is -2.10. The zero-order valence-electron chi connectivity index (χ0n) is 12.0. The number of benzene rings is 1. The second-order valence-corrected chi connectivity index (χ2v) is 4.28. The van der Waals surface area contributed by atoms with Crippen molar-refractivity contribution in [1.82, 2.24) is 4.98 Å². The number of nitro groups is 1. The first-order chi connectivity index (χ1) is 11.0. The van der Waals surface area contributed by atoms with Crippen molar-refractivity contribution >= 4 is 29.2 Å². The SMILES string of the molecule is COC(=O)c1ccccc1NC(=O)Nc1ccc([N+](=O)[O-])cn1. The Balaban J connectivity index is 2.08. The van der Waals surface area contributed by atoms with Gasteiger partial charge in [-0.15, -0.1) is 0 Å². The minimum absolute atomic E-state index is 0.128. The summed E-state index contributed by atoms with van der Waals surface area (Å²) in [6.07, 6.45) is 1.03. The number of aromatic nitrogens is 1. The number of ether oxygens (including phenoxy) is 1. The average molecular weight is 316 g/mol. The number of anilines is 2. The van der Waals surface area contributed by atoms with E-state index in [1.807, 2.05) is 0 Å². The molecule has 0 aliphatic rings. The zero-order valence-corrected chi connectivity index (χ0v) is 12.0. The Bertz CT molecular complexity index is 745. The molecular weight excluding hydrogens is 304 g/mol. The number of methoxy groups -OCH3 is 1. The number of nitrogens with zero attached hydrogens (tertiary/aromatic N) is 2. The van der Waals surface area contributed by atoms with Gasteiger partial charge in [0.15, 0.2) is 0 Å². The van der Waals surface area contributed by atoms with Crippen LogP contribution in [-0.2, 0) is 4.74 Å². The molecule has 0 aliphatic carbocycles. The fraction of sp³-hybridized carbons (Fsp3) is 0.0714. The molecule has 2 aromatic rings. The maximum absolute atomic E-state index is 11.9. The van der Waals surface area contributed by atoms with Crippen LogP contribution in [0.15, 0.2) is 42.6 Å². The van der Waals surface area contributed by atoms with E-state index < -0.39 is 16.9 Å². The highest BCUT2D eigenvalue weighted by Gasteiger charge is 2.13. The Morgan fingerprint density at radius 3 is 2.52 bits per heavy atom. The topological polar surface area (TPSA) is 123 Å². The van der Waals surface area contributed by atoms with Crippen molar-refractivity contribution < 1.29 is 19.2 Å². The molecular formula is C14H12N4O5. The van der Waals surface area contributed by atoms with Gasteiger partial charge < -0.3 is 10.1 Å². The maximum Gasteiger partial charge on any atom is 0.339 e. The van der Waals surface area contributed by atoms with Gasteiger partial charge in [0.1, 0.15) is 12.0 Å². The molecule has 0 saturated carbocycles. The largest absolute Gasteiger partial charge is 0.465 e. The molecule has 0 fully saturated rings. The van der Waals surface area contributed by atoms with Gasteiger partial charge in [-0.2, -0.15) is 0 Å². The molecule has 9 nitrogen and oxygen atoms in total. The molecule has 1 heterocycles. The molecule has 118 valence electrons. The Morgan fingerprint density at radius 1 is 1.17 bits per heavy atom. The molecule has 0 bridgehead atoms. The number of nitrogens with one attached hydrogen (secondary N) is 2. The molecule has 0 saturated heterocycles. The Labute approximate surface area is 130 Å². The van der Waals surface area contributed by atoms with E-state index in [-0.39, 0.29) is 22.8 Å². The Hall–Kier alpha value is -3.49. The maximum atomic E-state index is 11.9. The number of urea groups is 1. The standard InChI is InChI=1S/C14H12N4O5/c1-23-13(19)10-4-2-3-5-11(10)16-14(20)17-12-7-6-9(8-15-12)18(21)22/h2-8H,1H3,(H2,15,16,17,20). The predicted octanol–water partition coefficient (Wildman–Crippen LogP) is 2.42. The van der Waals surface area contributed by atoms with E-state index in [9.17, 15) is 19.7 Å². The molecule has 9 heteroatoms. The van der Waals surface area contributed by atoms with Crippen molar-refractivity contribution in [2.75, 3.05) is 17.7 Å². The lowest BCUT2D eigenvalue weighted by atomic mass is 10.2. The van der Waals surface area contributed by atoms with Gasteiger partial charge >= 0.3 is 12.0 Å². The summed E-state index contributed by atoms with van der Waals surface area (Å²) in [6.45, 7) is 0. The molecule has 1 aromatic carbocycles. The fourth-order valence-electron chi connectivity index (χ4n) is 1.72. The molecule has 0 aliphatic heterocycles. The van der Waals surface area contributed by atoms with Gasteiger partial charge in [0, 0.05) is 6.07 Å². The summed E-state index contributed by atoms with van der Waals surface area (Å²) >= 11 is 0. The molecule has 0 radical (unpaired) electrons. The number of para-hydroxylation sites is 1. The summed E-state index contributed by atoms with van der Waals surface area (Å²) in [5.74, 6) is -0.460. The first-order valence-corrected chi connectivity index (χ1v) is 6.37. The number of amides is 2. The summed E-state index contributed by atoms with van der Waals surface area (Å²) < 4.78 is 4.63. The van der Waals surface area contributed by atoms with Crippen LogP contribution in [-0.4, -0.2) is 29.0 Å². The first-order valence-electron chi connectivity index (χ1n) is 6.37. The van der Waals surface area contributed by atoms with E-state index in [1.165, 1.54) is 31.4 Å². The van der Waals surface area contributed by atoms with Crippen molar-refractivity contribution in [2.45, 2.75) is 0 Å². The monoisotopic (exact) mass is 316 g/mol. The second kappa shape index (κ2) is 6.98. The van der Waals surface area contributed by atoms with Crippen molar-refractivity contribution in [3.63, 3.8) is 0 Å². The van der Waals surface area contributed by atoms with Crippen molar-refractivity contribution in [3.05, 3.63) is 58.3 Å². The second-order valence-electron chi connectivity index (χ2n) is 4.28. The van der Waals surface area contributed by atoms with Crippen molar-refractivity contribution in [3.8, 4) is 0 Å². The highest BCUT2D eigenvalue weighted by Crippen LogP contribution is 2.17. The van der Waals surface area contributed by atoms with Gasteiger partial charge in [-0.1, -0.05) is 12.1 Å². The predicted molar refractivity (Wildman–Crippen MR) is 81.3 cm³/mol. The van der Waals surface area contributed by atoms with Crippen LogP contribution in [0.3, 0.4) is 0 Å². The fourth-order valence-corrected chi connectivity index (χ4v) is 1.72. The van der Waals surface area contributed by atoms with Crippen LogP contribution >= 0.6 is 0 Å². The quantitative estimate of drug-likeness (QED) is 0.507. The van der Waals surface area contributed by atoms with E-state index in [0.717, 1.165) is 6.20 Å². The summed E-state index contributed by atoms with van der Waals surface area (Å²) in [4.78, 5) is 37.2. The van der Waals surface area contributed by atoms with Gasteiger partial charge in [0.2, 0.25) is 0 Å². The number of esters is 1. The van der Waals surface area contributed by atoms with Gasteiger partial charge in [-0.05, 0) is 18.2 Å². The molecule has 1 aromatic heterocycles. The molecule has 0 spiro atoms. The smallest absolute Gasteiger partial charge is 0.339 e. The van der Waals surface area contributed by atoms with Gasteiger partial charge in [-0.25, -0.2) is 14.6 Å². The molecule has 23 heavy (non-hydrogen) atoms. The number of carbonyl (C=O) groups excluding carboxylic acids is 2. The van der Waals surface area contributed by atoms with E-state index in [2.05, 4.69) is 20.4 Å². The third-order valence-corrected chi connectivity index (χ3v) is 2.78. The minimum Gasteiger partial charge on any atom is -0.465 e. The lowest BCUT2D eigenvalue weighted by Crippen LogP contribution is -2.21. The van der Waals surface area contributed by atoms with Crippen molar-refractivity contribution in [1.29, 1.82) is 0 Å². The van der Waals surface area contributed by atoms with Crippen LogP contribution in [0.4, 0.5) is 22.0 Å². The van der Waals surface area contributed by atoms with E-state index in [0.29, 0.717) is 0 Å². The number of hydrogen-bond donors (Lipinski definition) is 2. The van der Waals surface area contributed by atoms with Gasteiger partial charge in [0.25, 0.3) is 5.69 Å². The van der Waals surface area contributed by atoms with Gasteiger partial charge in [0.05, 0.1) is 23.3 Å². The highest BCUT2D eigenvalue weighted by atomic mass is 16.6. The number of pyridine rings is 1. The normalized spacial score (nSPS) is 9.78. The van der Waals surface area contributed by atoms with Crippen LogP contribution in [0, 0.1) is 10.1 Å². The van der Waals surface area contributed by atoms with Crippen LogP contribution in [0.25, 0.3) is 0 Å². The molecule has 0 unspecified atom stereocenters. The summed E-state index contributed by atoms with van der Waals surface area (Å²) in [7, 11) is 1.24. The summed E-state index contributed by atoms with van der Waals surface area (Å²) in [6, 6.07) is 8.18. The summed E-state index contributed by atoms with van der Waals surface area (Å²) in [5, 5.41) is 15.4. The lowest BCUT2D eigenvalue weighted by molar-refractivity contribution is -0.385. The van der Waals surface area contributed by atoms with Crippen LogP contribution in [0.5, 0.6) is 0 Å². The van der Waals surface area contributed by atoms with E-state index in [4.69, 9.17) is 0 Å². The summed E-state index contributed by atoms with van der Waals surface area (Å²) in [5.41, 5.74) is 0.271. The molecule has 2 N–H and O–H groups in total. The number of carbonyl (C=O) groups is 2. The molecule has 0 atom stereocenters. The van der Waals surface area contributed by atoms with Crippen LogP contribution < -0.4 is 10.6 Å². The van der Waals surface area contributed by atoms with Crippen LogP contribution in [0.1, 0.15) is 10.4 Å². The zero-order chi connectivity index (χ0) is 16.8. The van der Waals surface area contributed by atoms with E-state index in [1.54, 1.807) is 12.1 Å². The number of rotatable bonds is 4. The van der Waals surface area contributed by atoms with Gasteiger partial charge in [-0.3, -0.25) is 15.4 Å². The number of hydrogen-bond acceptors (Lipinski definition) is 6. The highest BCUT2D eigenvalue weighted by molar-refractivity contribution is 6.04. The average Bonchev–Trinajstić information content (AvgIpc) is 2.55.